The molecule has 1 amide bonds. The SMILES string of the molecule is O=C(Cc1cccc(-c2coc3ccccc23)c1)N1CCc2nc(C3(c4cccc(Cl)c4)CC3)[nH]c(=O)c2C1. The number of hydrogen-bond acceptors (Lipinski definition) is 4. The minimum absolute atomic E-state index is 0.00378. The molecule has 194 valence electrons. The van der Waals surface area contributed by atoms with Crippen molar-refractivity contribution < 1.29 is 9.21 Å². The first-order chi connectivity index (χ1) is 19.0. The number of benzene rings is 3. The molecule has 3 aromatic carbocycles. The van der Waals surface area contributed by atoms with Gasteiger partial charge >= 0.3 is 0 Å². The molecule has 1 fully saturated rings. The summed E-state index contributed by atoms with van der Waals surface area (Å²) in [4.78, 5) is 36.2. The highest BCUT2D eigenvalue weighted by molar-refractivity contribution is 6.30. The van der Waals surface area contributed by atoms with Crippen molar-refractivity contribution in [2.24, 2.45) is 0 Å². The van der Waals surface area contributed by atoms with E-state index >= 15 is 0 Å². The fourth-order valence-electron chi connectivity index (χ4n) is 5.77. The molecule has 0 atom stereocenters. The summed E-state index contributed by atoms with van der Waals surface area (Å²) in [5.41, 5.74) is 5.79. The Morgan fingerprint density at radius 1 is 1.05 bits per heavy atom. The minimum atomic E-state index is -0.280. The number of aromatic amines is 1. The molecule has 2 aromatic heterocycles. The zero-order valence-corrected chi connectivity index (χ0v) is 22.0. The number of H-pyrrole nitrogens is 1. The van der Waals surface area contributed by atoms with Crippen LogP contribution in [-0.2, 0) is 29.6 Å². The molecule has 5 aromatic rings. The van der Waals surface area contributed by atoms with E-state index in [0.29, 0.717) is 29.4 Å². The third-order valence-corrected chi connectivity index (χ3v) is 8.31. The molecule has 0 spiro atoms. The maximum atomic E-state index is 13.3. The second-order valence-corrected chi connectivity index (χ2v) is 11.0. The van der Waals surface area contributed by atoms with Gasteiger partial charge in [0.1, 0.15) is 11.4 Å². The molecule has 1 N–H and O–H groups in total. The maximum Gasteiger partial charge on any atom is 0.256 e. The van der Waals surface area contributed by atoms with Crippen molar-refractivity contribution in [2.45, 2.75) is 37.6 Å². The van der Waals surface area contributed by atoms with E-state index in [0.717, 1.165) is 51.8 Å². The Morgan fingerprint density at radius 2 is 1.90 bits per heavy atom. The van der Waals surface area contributed by atoms with E-state index in [1.807, 2.05) is 72.8 Å². The van der Waals surface area contributed by atoms with Gasteiger partial charge in [-0.15, -0.1) is 0 Å². The van der Waals surface area contributed by atoms with Gasteiger partial charge in [-0.3, -0.25) is 9.59 Å². The van der Waals surface area contributed by atoms with Gasteiger partial charge in [-0.25, -0.2) is 4.98 Å². The van der Waals surface area contributed by atoms with Crippen molar-refractivity contribution in [3.05, 3.63) is 123 Å². The highest BCUT2D eigenvalue weighted by atomic mass is 35.5. The Hall–Kier alpha value is -4.16. The molecule has 39 heavy (non-hydrogen) atoms. The second-order valence-electron chi connectivity index (χ2n) is 10.5. The number of hydrogen-bond donors (Lipinski definition) is 1. The van der Waals surface area contributed by atoms with Crippen molar-refractivity contribution in [3.8, 4) is 11.1 Å². The number of para-hydroxylation sites is 1. The Kier molecular flexibility index (Phi) is 5.67. The Morgan fingerprint density at radius 3 is 2.74 bits per heavy atom. The van der Waals surface area contributed by atoms with Crippen LogP contribution in [0.4, 0.5) is 0 Å². The number of aromatic nitrogens is 2. The summed E-state index contributed by atoms with van der Waals surface area (Å²) >= 11 is 6.24. The second kappa shape index (κ2) is 9.24. The zero-order valence-electron chi connectivity index (χ0n) is 21.2. The first-order valence-electron chi connectivity index (χ1n) is 13.2. The van der Waals surface area contributed by atoms with E-state index in [4.69, 9.17) is 21.0 Å². The standard InChI is InChI=1S/C32H26ClN3O3/c33-23-8-4-7-22(17-23)32(12-13-32)31-34-27-11-14-36(18-25(27)30(38)35-31)29(37)16-20-5-3-6-21(15-20)26-19-39-28-10-2-1-9-24(26)28/h1-10,15,17,19H,11-14,16,18H2,(H,34,35,38). The number of amides is 1. The molecule has 0 saturated heterocycles. The van der Waals surface area contributed by atoms with Crippen molar-refractivity contribution in [1.29, 1.82) is 0 Å². The largest absolute Gasteiger partial charge is 0.464 e. The summed E-state index contributed by atoms with van der Waals surface area (Å²) in [7, 11) is 0. The van der Waals surface area contributed by atoms with Crippen LogP contribution < -0.4 is 5.56 Å². The fourth-order valence-corrected chi connectivity index (χ4v) is 5.96. The van der Waals surface area contributed by atoms with Gasteiger partial charge in [0, 0.05) is 28.9 Å². The summed E-state index contributed by atoms with van der Waals surface area (Å²) < 4.78 is 5.71. The number of fused-ring (bicyclic) bond motifs is 2. The molecule has 1 aliphatic heterocycles. The van der Waals surface area contributed by atoms with E-state index in [2.05, 4.69) is 4.98 Å². The van der Waals surface area contributed by atoms with Crippen molar-refractivity contribution in [2.75, 3.05) is 6.54 Å². The number of rotatable bonds is 5. The van der Waals surface area contributed by atoms with Gasteiger partial charge in [0.25, 0.3) is 5.56 Å². The monoisotopic (exact) mass is 535 g/mol. The fraction of sp³-hybridized carbons (Fsp3) is 0.219. The molecule has 7 heteroatoms. The smallest absolute Gasteiger partial charge is 0.256 e. The van der Waals surface area contributed by atoms with Crippen LogP contribution in [0.2, 0.25) is 5.02 Å². The molecule has 6 nitrogen and oxygen atoms in total. The summed E-state index contributed by atoms with van der Waals surface area (Å²) in [5, 5.41) is 1.72. The maximum absolute atomic E-state index is 13.3. The van der Waals surface area contributed by atoms with Gasteiger partial charge < -0.3 is 14.3 Å². The van der Waals surface area contributed by atoms with Gasteiger partial charge in [0.2, 0.25) is 5.91 Å². The van der Waals surface area contributed by atoms with E-state index in [-0.39, 0.29) is 29.8 Å². The number of carbonyl (C=O) groups is 1. The summed E-state index contributed by atoms with van der Waals surface area (Å²) in [5.74, 6) is 0.702. The summed E-state index contributed by atoms with van der Waals surface area (Å²) in [6.45, 7) is 0.810. The Balaban J connectivity index is 1.10. The summed E-state index contributed by atoms with van der Waals surface area (Å²) in [6.07, 6.45) is 4.44. The third kappa shape index (κ3) is 4.25. The predicted octanol–water partition coefficient (Wildman–Crippen LogP) is 6.04. The van der Waals surface area contributed by atoms with Crippen LogP contribution in [0.25, 0.3) is 22.1 Å². The van der Waals surface area contributed by atoms with Crippen molar-refractivity contribution in [3.63, 3.8) is 0 Å². The quantitative estimate of drug-likeness (QED) is 0.297. The normalized spacial score (nSPS) is 15.8. The van der Waals surface area contributed by atoms with Crippen LogP contribution in [0.15, 0.2) is 88.3 Å². The number of furan rings is 1. The van der Waals surface area contributed by atoms with Gasteiger partial charge in [0.05, 0.1) is 35.9 Å². The number of halogens is 1. The molecule has 1 saturated carbocycles. The van der Waals surface area contributed by atoms with Gasteiger partial charge in [-0.2, -0.15) is 0 Å². The molecule has 0 radical (unpaired) electrons. The van der Waals surface area contributed by atoms with Crippen LogP contribution in [0, 0.1) is 0 Å². The lowest BCUT2D eigenvalue weighted by atomic mass is 9.94. The van der Waals surface area contributed by atoms with E-state index in [1.165, 1.54) is 0 Å². The Bertz CT molecular complexity index is 1800. The van der Waals surface area contributed by atoms with Crippen LogP contribution >= 0.6 is 11.6 Å². The lowest BCUT2D eigenvalue weighted by Gasteiger charge is -2.28. The van der Waals surface area contributed by atoms with Crippen LogP contribution in [0.1, 0.15) is 41.1 Å². The number of nitrogens with zero attached hydrogens (tertiary/aromatic N) is 2. The average molecular weight is 536 g/mol. The first kappa shape index (κ1) is 23.9. The van der Waals surface area contributed by atoms with Crippen molar-refractivity contribution >= 4 is 28.5 Å². The molecule has 3 heterocycles. The Labute approximate surface area is 230 Å². The van der Waals surface area contributed by atoms with Gasteiger partial charge in [0.15, 0.2) is 0 Å². The molecular weight excluding hydrogens is 510 g/mol. The highest BCUT2D eigenvalue weighted by Gasteiger charge is 2.49. The van der Waals surface area contributed by atoms with E-state index < -0.39 is 0 Å². The third-order valence-electron chi connectivity index (χ3n) is 8.08. The topological polar surface area (TPSA) is 79.2 Å². The first-order valence-corrected chi connectivity index (χ1v) is 13.6. The minimum Gasteiger partial charge on any atom is -0.464 e. The van der Waals surface area contributed by atoms with Gasteiger partial charge in [-0.05, 0) is 47.7 Å². The molecule has 7 rings (SSSR count). The van der Waals surface area contributed by atoms with Crippen LogP contribution in [-0.4, -0.2) is 27.3 Å². The van der Waals surface area contributed by atoms with Crippen LogP contribution in [0.5, 0.6) is 0 Å². The average Bonchev–Trinajstić information content (AvgIpc) is 3.66. The molecule has 2 aliphatic rings. The molecule has 1 aliphatic carbocycles. The van der Waals surface area contributed by atoms with Crippen molar-refractivity contribution in [1.82, 2.24) is 14.9 Å². The van der Waals surface area contributed by atoms with E-state index in [1.54, 1.807) is 11.2 Å². The molecule has 0 unspecified atom stereocenters. The highest BCUT2D eigenvalue weighted by Crippen LogP contribution is 2.52. The zero-order chi connectivity index (χ0) is 26.6. The predicted molar refractivity (Wildman–Crippen MR) is 151 cm³/mol. The lowest BCUT2D eigenvalue weighted by Crippen LogP contribution is -2.41. The van der Waals surface area contributed by atoms with Crippen LogP contribution in [0.3, 0.4) is 0 Å². The van der Waals surface area contributed by atoms with E-state index in [9.17, 15) is 9.59 Å². The molecular formula is C32H26ClN3O3. The summed E-state index contributed by atoms with van der Waals surface area (Å²) in [6, 6.07) is 23.7. The number of carbonyl (C=O) groups excluding carboxylic acids is 1. The molecule has 0 bridgehead atoms. The lowest BCUT2D eigenvalue weighted by molar-refractivity contribution is -0.131. The van der Waals surface area contributed by atoms with Gasteiger partial charge in [-0.1, -0.05) is 66.2 Å². The number of nitrogens with one attached hydrogen (secondary N) is 1.